The summed E-state index contributed by atoms with van der Waals surface area (Å²) in [5.74, 6) is 0.729. The van der Waals surface area contributed by atoms with Gasteiger partial charge in [-0.3, -0.25) is 0 Å². The Bertz CT molecular complexity index is 1840. The molecular weight excluding hydrogens is 446 g/mol. The Morgan fingerprint density at radius 2 is 1.26 bits per heavy atom. The lowest BCUT2D eigenvalue weighted by atomic mass is 10.0. The lowest BCUT2D eigenvalue weighted by Gasteiger charge is -2.10. The van der Waals surface area contributed by atoms with Crippen LogP contribution in [0.4, 0.5) is 0 Å². The van der Waals surface area contributed by atoms with Crippen LogP contribution in [0, 0.1) is 0 Å². The highest BCUT2D eigenvalue weighted by molar-refractivity contribution is 7.21. The zero-order valence-electron chi connectivity index (χ0n) is 18.7. The highest BCUT2D eigenvalue weighted by Crippen LogP contribution is 2.36. The van der Waals surface area contributed by atoms with Gasteiger partial charge >= 0.3 is 0 Å². The molecule has 0 saturated heterocycles. The molecule has 35 heavy (non-hydrogen) atoms. The number of para-hydroxylation sites is 1. The Morgan fingerprint density at radius 1 is 0.514 bits per heavy atom. The molecular formula is C31H19N3S. The predicted molar refractivity (Wildman–Crippen MR) is 147 cm³/mol. The number of nitrogens with zero attached hydrogens (tertiary/aromatic N) is 3. The first-order chi connectivity index (χ1) is 17.3. The van der Waals surface area contributed by atoms with Gasteiger partial charge in [-0.2, -0.15) is 0 Å². The Labute approximate surface area is 206 Å². The summed E-state index contributed by atoms with van der Waals surface area (Å²) in [4.78, 5) is 14.9. The molecule has 0 aliphatic carbocycles. The summed E-state index contributed by atoms with van der Waals surface area (Å²) in [6, 6.07) is 39.7. The summed E-state index contributed by atoms with van der Waals surface area (Å²) in [5, 5.41) is 4.38. The molecule has 0 saturated carbocycles. The molecule has 4 heteroatoms. The third-order valence-electron chi connectivity index (χ3n) is 6.30. The van der Waals surface area contributed by atoms with E-state index in [0.717, 1.165) is 60.4 Å². The Hall–Kier alpha value is -4.41. The van der Waals surface area contributed by atoms with Gasteiger partial charge in [0.1, 0.15) is 5.01 Å². The second-order valence-electron chi connectivity index (χ2n) is 8.51. The minimum absolute atomic E-state index is 0.729. The molecule has 0 N–H and O–H groups in total. The van der Waals surface area contributed by atoms with E-state index in [0.29, 0.717) is 0 Å². The highest BCUT2D eigenvalue weighted by atomic mass is 32.1. The molecule has 0 unspecified atom stereocenters. The van der Waals surface area contributed by atoms with Crippen molar-refractivity contribution in [3.8, 4) is 33.2 Å². The summed E-state index contributed by atoms with van der Waals surface area (Å²) in [6.07, 6.45) is 0. The summed E-state index contributed by atoms with van der Waals surface area (Å²) in [5.41, 5.74) is 6.18. The molecule has 0 aliphatic rings. The van der Waals surface area contributed by atoms with Crippen LogP contribution in [0.15, 0.2) is 115 Å². The number of rotatable bonds is 3. The van der Waals surface area contributed by atoms with E-state index in [2.05, 4.69) is 78.9 Å². The maximum atomic E-state index is 5.03. The number of fused-ring (bicyclic) bond motifs is 4. The Kier molecular flexibility index (Phi) is 4.64. The summed E-state index contributed by atoms with van der Waals surface area (Å²) in [7, 11) is 0. The van der Waals surface area contributed by atoms with Gasteiger partial charge in [0.2, 0.25) is 0 Å². The van der Waals surface area contributed by atoms with E-state index in [-0.39, 0.29) is 0 Å². The van der Waals surface area contributed by atoms with Crippen LogP contribution >= 0.6 is 11.3 Å². The number of benzene rings is 5. The van der Waals surface area contributed by atoms with Crippen LogP contribution in [0.25, 0.3) is 65.1 Å². The third kappa shape index (κ3) is 3.47. The molecule has 0 fully saturated rings. The fourth-order valence-corrected chi connectivity index (χ4v) is 5.57. The molecule has 5 aromatic carbocycles. The van der Waals surface area contributed by atoms with Crippen LogP contribution < -0.4 is 0 Å². The Balaban J connectivity index is 1.39. The van der Waals surface area contributed by atoms with Crippen molar-refractivity contribution >= 4 is 43.2 Å². The second-order valence-corrected chi connectivity index (χ2v) is 9.54. The van der Waals surface area contributed by atoms with Gasteiger partial charge < -0.3 is 0 Å². The van der Waals surface area contributed by atoms with Crippen molar-refractivity contribution in [1.82, 2.24) is 15.0 Å². The lowest BCUT2D eigenvalue weighted by molar-refractivity contribution is 1.23. The molecule has 164 valence electrons. The van der Waals surface area contributed by atoms with Gasteiger partial charge in [0, 0.05) is 27.5 Å². The molecule has 0 radical (unpaired) electrons. The van der Waals surface area contributed by atoms with Crippen LogP contribution in [0.1, 0.15) is 0 Å². The Morgan fingerprint density at radius 3 is 2.09 bits per heavy atom. The van der Waals surface area contributed by atoms with Gasteiger partial charge in [-0.1, -0.05) is 97.1 Å². The van der Waals surface area contributed by atoms with Gasteiger partial charge in [-0.15, -0.1) is 11.3 Å². The number of hydrogen-bond donors (Lipinski definition) is 0. The van der Waals surface area contributed by atoms with E-state index < -0.39 is 0 Å². The van der Waals surface area contributed by atoms with Gasteiger partial charge in [-0.25, -0.2) is 15.0 Å². The molecule has 7 rings (SSSR count). The molecule has 2 heterocycles. The van der Waals surface area contributed by atoms with Crippen molar-refractivity contribution < 1.29 is 0 Å². The second kappa shape index (κ2) is 8.12. The molecule has 2 aromatic heterocycles. The molecule has 3 nitrogen and oxygen atoms in total. The van der Waals surface area contributed by atoms with E-state index in [1.807, 2.05) is 36.4 Å². The van der Waals surface area contributed by atoms with Crippen LogP contribution in [-0.4, -0.2) is 15.0 Å². The standard InChI is InChI=1S/C31H19N3S/c1-3-9-20(10-4-1)28-25-13-7-8-14-26(25)32-30(33-28)23-15-17-24-22(19-23)16-18-27-29(24)34-31(35-27)21-11-5-2-6-12-21/h1-19H. The maximum Gasteiger partial charge on any atom is 0.160 e. The van der Waals surface area contributed by atoms with Gasteiger partial charge in [0.05, 0.1) is 21.4 Å². The summed E-state index contributed by atoms with van der Waals surface area (Å²) < 4.78 is 1.19. The van der Waals surface area contributed by atoms with Gasteiger partial charge in [0.25, 0.3) is 0 Å². The van der Waals surface area contributed by atoms with Crippen LogP contribution in [-0.2, 0) is 0 Å². The quantitative estimate of drug-likeness (QED) is 0.263. The highest BCUT2D eigenvalue weighted by Gasteiger charge is 2.13. The van der Waals surface area contributed by atoms with Gasteiger partial charge in [-0.05, 0) is 23.6 Å². The zero-order valence-corrected chi connectivity index (χ0v) is 19.5. The van der Waals surface area contributed by atoms with Crippen LogP contribution in [0.3, 0.4) is 0 Å². The van der Waals surface area contributed by atoms with Crippen molar-refractivity contribution in [2.45, 2.75) is 0 Å². The molecule has 7 aromatic rings. The lowest BCUT2D eigenvalue weighted by Crippen LogP contribution is -1.95. The average molecular weight is 466 g/mol. The number of aromatic nitrogens is 3. The molecule has 0 amide bonds. The molecule has 0 bridgehead atoms. The largest absolute Gasteiger partial charge is 0.235 e. The van der Waals surface area contributed by atoms with E-state index >= 15 is 0 Å². The molecule has 0 atom stereocenters. The van der Waals surface area contributed by atoms with Crippen molar-refractivity contribution in [3.05, 3.63) is 115 Å². The first-order valence-corrected chi connectivity index (χ1v) is 12.4. The van der Waals surface area contributed by atoms with Crippen molar-refractivity contribution in [3.63, 3.8) is 0 Å². The minimum Gasteiger partial charge on any atom is -0.235 e. The van der Waals surface area contributed by atoms with E-state index in [1.54, 1.807) is 11.3 Å². The van der Waals surface area contributed by atoms with Gasteiger partial charge in [0.15, 0.2) is 5.82 Å². The molecule has 0 spiro atoms. The van der Waals surface area contributed by atoms with E-state index in [9.17, 15) is 0 Å². The first kappa shape index (κ1) is 20.0. The van der Waals surface area contributed by atoms with Crippen LogP contribution in [0.2, 0.25) is 0 Å². The topological polar surface area (TPSA) is 38.7 Å². The minimum atomic E-state index is 0.729. The third-order valence-corrected chi connectivity index (χ3v) is 7.37. The van der Waals surface area contributed by atoms with E-state index in [1.165, 1.54) is 4.70 Å². The van der Waals surface area contributed by atoms with Crippen molar-refractivity contribution in [2.75, 3.05) is 0 Å². The fourth-order valence-electron chi connectivity index (χ4n) is 4.58. The first-order valence-electron chi connectivity index (χ1n) is 11.5. The summed E-state index contributed by atoms with van der Waals surface area (Å²) >= 11 is 1.73. The normalized spacial score (nSPS) is 11.4. The fraction of sp³-hybridized carbons (Fsp3) is 0. The number of hydrogen-bond acceptors (Lipinski definition) is 4. The van der Waals surface area contributed by atoms with Crippen molar-refractivity contribution in [1.29, 1.82) is 0 Å². The van der Waals surface area contributed by atoms with E-state index in [4.69, 9.17) is 15.0 Å². The summed E-state index contributed by atoms with van der Waals surface area (Å²) in [6.45, 7) is 0. The zero-order chi connectivity index (χ0) is 23.2. The average Bonchev–Trinajstić information content (AvgIpc) is 3.38. The maximum absolute atomic E-state index is 5.03. The SMILES string of the molecule is c1ccc(-c2nc3c(ccc4cc(-c5nc(-c6ccccc6)c6ccccc6n5)ccc43)s2)cc1. The molecule has 0 aliphatic heterocycles. The smallest absolute Gasteiger partial charge is 0.160 e. The van der Waals surface area contributed by atoms with Crippen molar-refractivity contribution in [2.24, 2.45) is 0 Å². The predicted octanol–water partition coefficient (Wildman–Crippen LogP) is 8.39. The van der Waals surface area contributed by atoms with Crippen LogP contribution in [0.5, 0.6) is 0 Å². The number of thiazole rings is 1. The monoisotopic (exact) mass is 465 g/mol.